The summed E-state index contributed by atoms with van der Waals surface area (Å²) in [4.78, 5) is 25.3. The predicted octanol–water partition coefficient (Wildman–Crippen LogP) is 9.11. The smallest absolute Gasteiger partial charge is 0.306 e. The number of allylic oxidation sites excluding steroid dienone is 6. The zero-order valence-electron chi connectivity index (χ0n) is 34.7. The van der Waals surface area contributed by atoms with Crippen molar-refractivity contribution in [2.75, 3.05) is 19.8 Å². The lowest BCUT2D eigenvalue weighted by Gasteiger charge is -2.39. The lowest BCUT2D eigenvalue weighted by molar-refractivity contribution is -0.305. The highest BCUT2D eigenvalue weighted by molar-refractivity contribution is 5.70. The number of aliphatic hydroxyl groups excluding tert-OH is 4. The van der Waals surface area contributed by atoms with Crippen molar-refractivity contribution >= 4 is 11.9 Å². The average Bonchev–Trinajstić information content (AvgIpc) is 3.18. The lowest BCUT2D eigenvalue weighted by Crippen LogP contribution is -2.59. The molecule has 10 heteroatoms. The van der Waals surface area contributed by atoms with Gasteiger partial charge in [0.05, 0.1) is 13.2 Å². The first-order chi connectivity index (χ1) is 26.8. The maximum Gasteiger partial charge on any atom is 0.306 e. The molecule has 1 aliphatic rings. The van der Waals surface area contributed by atoms with Gasteiger partial charge in [-0.25, -0.2) is 0 Å². The van der Waals surface area contributed by atoms with Crippen LogP contribution in [0.3, 0.4) is 0 Å². The summed E-state index contributed by atoms with van der Waals surface area (Å²) in [6.07, 6.45) is 32.9. The van der Waals surface area contributed by atoms with E-state index >= 15 is 0 Å². The van der Waals surface area contributed by atoms with E-state index in [-0.39, 0.29) is 26.1 Å². The number of ether oxygens (including phenoxy) is 4. The number of hydrogen-bond donors (Lipinski definition) is 4. The highest BCUT2D eigenvalue weighted by Gasteiger charge is 2.44. The van der Waals surface area contributed by atoms with E-state index in [0.29, 0.717) is 12.8 Å². The first-order valence-corrected chi connectivity index (χ1v) is 22.1. The Morgan fingerprint density at radius 2 is 1.02 bits per heavy atom. The Morgan fingerprint density at radius 3 is 1.56 bits per heavy atom. The first-order valence-electron chi connectivity index (χ1n) is 22.1. The summed E-state index contributed by atoms with van der Waals surface area (Å²) >= 11 is 0. The van der Waals surface area contributed by atoms with Crippen molar-refractivity contribution in [1.82, 2.24) is 0 Å². The maximum atomic E-state index is 12.7. The molecule has 1 heterocycles. The first kappa shape index (κ1) is 50.9. The summed E-state index contributed by atoms with van der Waals surface area (Å²) in [7, 11) is 0. The van der Waals surface area contributed by atoms with Gasteiger partial charge in [-0.3, -0.25) is 9.59 Å². The SMILES string of the molecule is CCCCCCCC/C=C/C/C=C/CCCCC(=O)O[C@@H](COC(=O)CCCCCCC/C=C/CCCCCCCC)CO[C@H]1O[C@@H](CO)[C@@H](O)C(O)C1O. The molecule has 2 unspecified atom stereocenters. The summed E-state index contributed by atoms with van der Waals surface area (Å²) < 4.78 is 22.1. The van der Waals surface area contributed by atoms with Crippen molar-refractivity contribution in [2.24, 2.45) is 0 Å². The van der Waals surface area contributed by atoms with E-state index in [1.165, 1.54) is 83.5 Å². The van der Waals surface area contributed by atoms with E-state index in [1.807, 2.05) is 0 Å². The van der Waals surface area contributed by atoms with Gasteiger partial charge >= 0.3 is 11.9 Å². The normalized spacial score (nSPS) is 20.9. The molecule has 1 rings (SSSR count). The van der Waals surface area contributed by atoms with Crippen LogP contribution in [0.5, 0.6) is 0 Å². The Kier molecular flexibility index (Phi) is 33.6. The molecule has 0 aromatic carbocycles. The van der Waals surface area contributed by atoms with Gasteiger partial charge in [-0.05, 0) is 70.6 Å². The van der Waals surface area contributed by atoms with Gasteiger partial charge in [0.2, 0.25) is 0 Å². The second-order valence-electron chi connectivity index (χ2n) is 15.1. The van der Waals surface area contributed by atoms with Crippen LogP contribution in [-0.2, 0) is 28.5 Å². The molecule has 1 fully saturated rings. The van der Waals surface area contributed by atoms with E-state index in [9.17, 15) is 30.0 Å². The molecule has 55 heavy (non-hydrogen) atoms. The second-order valence-corrected chi connectivity index (χ2v) is 15.1. The molecule has 0 aromatic rings. The Labute approximate surface area is 334 Å². The third-order valence-corrected chi connectivity index (χ3v) is 10.00. The standard InChI is InChI=1S/C45H80O10/c1-3-5-7-9-11-13-15-17-19-21-23-25-27-29-31-33-40(47)52-36-38(37-53-45-44(51)43(50)42(49)39(35-46)55-45)54-41(48)34-32-30-28-26-24-22-20-18-16-14-12-10-8-6-4-2/h17-20,24,26,38-39,42-46,49-51H,3-16,21-23,25,27-37H2,1-2H3/b19-17+,20-18+,26-24+/t38-,39-,42+,43?,44?,45-/m0/s1. The number of esters is 2. The third kappa shape index (κ3) is 28.0. The molecular formula is C45H80O10. The van der Waals surface area contributed by atoms with E-state index < -0.39 is 55.4 Å². The quantitative estimate of drug-likeness (QED) is 0.0275. The summed E-state index contributed by atoms with van der Waals surface area (Å²) in [5, 5.41) is 40.0. The molecular weight excluding hydrogens is 700 g/mol. The van der Waals surface area contributed by atoms with Gasteiger partial charge in [-0.1, -0.05) is 134 Å². The van der Waals surface area contributed by atoms with Crippen molar-refractivity contribution in [2.45, 2.75) is 218 Å². The van der Waals surface area contributed by atoms with Gasteiger partial charge < -0.3 is 39.4 Å². The summed E-state index contributed by atoms with van der Waals surface area (Å²) in [6, 6.07) is 0. The summed E-state index contributed by atoms with van der Waals surface area (Å²) in [6.45, 7) is 3.36. The number of carbonyl (C=O) groups is 2. The fourth-order valence-corrected chi connectivity index (χ4v) is 6.45. The number of unbranched alkanes of at least 4 members (excludes halogenated alkanes) is 19. The van der Waals surface area contributed by atoms with Crippen LogP contribution in [0.4, 0.5) is 0 Å². The van der Waals surface area contributed by atoms with Gasteiger partial charge in [-0.15, -0.1) is 0 Å². The summed E-state index contributed by atoms with van der Waals surface area (Å²) in [5.74, 6) is -0.854. The van der Waals surface area contributed by atoms with Crippen molar-refractivity contribution in [3.05, 3.63) is 36.5 Å². The van der Waals surface area contributed by atoms with Crippen molar-refractivity contribution < 1.29 is 49.0 Å². The zero-order chi connectivity index (χ0) is 40.2. The number of hydrogen-bond acceptors (Lipinski definition) is 10. The van der Waals surface area contributed by atoms with Gasteiger partial charge in [0.1, 0.15) is 31.0 Å². The topological polar surface area (TPSA) is 152 Å². The van der Waals surface area contributed by atoms with Gasteiger partial charge in [0.15, 0.2) is 12.4 Å². The number of rotatable bonds is 36. The van der Waals surface area contributed by atoms with Gasteiger partial charge in [0, 0.05) is 12.8 Å². The number of carbonyl (C=O) groups excluding carboxylic acids is 2. The minimum Gasteiger partial charge on any atom is -0.462 e. The van der Waals surface area contributed by atoms with Crippen molar-refractivity contribution in [1.29, 1.82) is 0 Å². The lowest BCUT2D eigenvalue weighted by atomic mass is 9.99. The Balaban J connectivity index is 2.38. The van der Waals surface area contributed by atoms with Crippen LogP contribution in [0.2, 0.25) is 0 Å². The van der Waals surface area contributed by atoms with Gasteiger partial charge in [0.25, 0.3) is 0 Å². The molecule has 0 aromatic heterocycles. The molecule has 0 spiro atoms. The molecule has 6 atom stereocenters. The van der Waals surface area contributed by atoms with E-state index in [0.717, 1.165) is 57.8 Å². The van der Waals surface area contributed by atoms with Crippen LogP contribution in [-0.4, -0.2) is 89.0 Å². The average molecular weight is 781 g/mol. The molecule has 1 aliphatic heterocycles. The molecule has 320 valence electrons. The van der Waals surface area contributed by atoms with Crippen LogP contribution in [0.1, 0.15) is 181 Å². The molecule has 0 bridgehead atoms. The van der Waals surface area contributed by atoms with E-state index in [4.69, 9.17) is 18.9 Å². The molecule has 0 radical (unpaired) electrons. The van der Waals surface area contributed by atoms with E-state index in [2.05, 4.69) is 50.3 Å². The fraction of sp³-hybridized carbons (Fsp3) is 0.822. The Morgan fingerprint density at radius 1 is 0.564 bits per heavy atom. The maximum absolute atomic E-state index is 12.7. The van der Waals surface area contributed by atoms with Crippen LogP contribution in [0.15, 0.2) is 36.5 Å². The molecule has 10 nitrogen and oxygen atoms in total. The van der Waals surface area contributed by atoms with Crippen molar-refractivity contribution in [3.8, 4) is 0 Å². The second kappa shape index (κ2) is 36.3. The molecule has 4 N–H and O–H groups in total. The third-order valence-electron chi connectivity index (χ3n) is 10.00. The zero-order valence-corrected chi connectivity index (χ0v) is 34.7. The number of aliphatic hydroxyl groups is 4. The fourth-order valence-electron chi connectivity index (χ4n) is 6.45. The van der Waals surface area contributed by atoms with Gasteiger partial charge in [-0.2, -0.15) is 0 Å². The van der Waals surface area contributed by atoms with Crippen LogP contribution in [0, 0.1) is 0 Å². The summed E-state index contributed by atoms with van der Waals surface area (Å²) in [5.41, 5.74) is 0. The minimum atomic E-state index is -1.60. The Hall–Kier alpha value is -2.08. The molecule has 0 amide bonds. The monoisotopic (exact) mass is 781 g/mol. The molecule has 0 saturated carbocycles. The van der Waals surface area contributed by atoms with Crippen LogP contribution in [0.25, 0.3) is 0 Å². The Bertz CT molecular complexity index is 996. The predicted molar refractivity (Wildman–Crippen MR) is 219 cm³/mol. The van der Waals surface area contributed by atoms with Crippen LogP contribution < -0.4 is 0 Å². The minimum absolute atomic E-state index is 0.186. The highest BCUT2D eigenvalue weighted by atomic mass is 16.7. The van der Waals surface area contributed by atoms with E-state index in [1.54, 1.807) is 0 Å². The van der Waals surface area contributed by atoms with Crippen LogP contribution >= 0.6 is 0 Å². The largest absolute Gasteiger partial charge is 0.462 e. The van der Waals surface area contributed by atoms with Crippen molar-refractivity contribution in [3.63, 3.8) is 0 Å². The highest BCUT2D eigenvalue weighted by Crippen LogP contribution is 2.22. The molecule has 1 saturated heterocycles. The molecule has 0 aliphatic carbocycles.